The third-order valence-corrected chi connectivity index (χ3v) is 3.40. The standard InChI is InChI=1S/C17H29N3O4/c1-12(2)10-14(21)19-13-6-8-20(9-7-13)15(22)11-18-16(23)24-17(3,4)5/h10,13H,6-9,11H2,1-5H3,(H,18,23)(H,19,21). The summed E-state index contributed by atoms with van der Waals surface area (Å²) in [6, 6.07) is 0.0796. The Morgan fingerprint density at radius 1 is 1.17 bits per heavy atom. The summed E-state index contributed by atoms with van der Waals surface area (Å²) in [6.45, 7) is 10.1. The van der Waals surface area contributed by atoms with Gasteiger partial charge in [-0.05, 0) is 47.5 Å². The number of alkyl carbamates (subject to hydrolysis) is 1. The average Bonchev–Trinajstić information content (AvgIpc) is 2.42. The van der Waals surface area contributed by atoms with Crippen molar-refractivity contribution in [3.8, 4) is 0 Å². The molecular weight excluding hydrogens is 310 g/mol. The van der Waals surface area contributed by atoms with E-state index in [0.29, 0.717) is 25.9 Å². The van der Waals surface area contributed by atoms with Crippen LogP contribution in [0.2, 0.25) is 0 Å². The summed E-state index contributed by atoms with van der Waals surface area (Å²) in [4.78, 5) is 37.0. The van der Waals surface area contributed by atoms with Gasteiger partial charge in [-0.15, -0.1) is 0 Å². The molecule has 136 valence electrons. The highest BCUT2D eigenvalue weighted by molar-refractivity contribution is 5.88. The number of rotatable bonds is 4. The summed E-state index contributed by atoms with van der Waals surface area (Å²) in [6.07, 6.45) is 2.39. The van der Waals surface area contributed by atoms with Crippen molar-refractivity contribution in [3.63, 3.8) is 0 Å². The lowest BCUT2D eigenvalue weighted by Gasteiger charge is -2.32. The van der Waals surface area contributed by atoms with Crippen LogP contribution in [0.15, 0.2) is 11.6 Å². The topological polar surface area (TPSA) is 87.7 Å². The molecule has 1 rings (SSSR count). The minimum absolute atomic E-state index is 0.0796. The summed E-state index contributed by atoms with van der Waals surface area (Å²) in [7, 11) is 0. The maximum Gasteiger partial charge on any atom is 0.408 e. The summed E-state index contributed by atoms with van der Waals surface area (Å²) in [5.74, 6) is -0.235. The van der Waals surface area contributed by atoms with Crippen LogP contribution in [0.25, 0.3) is 0 Å². The van der Waals surface area contributed by atoms with E-state index in [1.807, 2.05) is 13.8 Å². The van der Waals surface area contributed by atoms with Crippen LogP contribution in [-0.4, -0.2) is 54.1 Å². The molecule has 2 N–H and O–H groups in total. The highest BCUT2D eigenvalue weighted by Gasteiger charge is 2.24. The average molecular weight is 339 g/mol. The van der Waals surface area contributed by atoms with E-state index >= 15 is 0 Å². The van der Waals surface area contributed by atoms with Crippen molar-refractivity contribution in [3.05, 3.63) is 11.6 Å². The molecule has 1 heterocycles. The molecule has 0 aromatic rings. The van der Waals surface area contributed by atoms with Crippen molar-refractivity contribution in [2.75, 3.05) is 19.6 Å². The van der Waals surface area contributed by atoms with Crippen molar-refractivity contribution in [1.82, 2.24) is 15.5 Å². The molecule has 1 aliphatic heterocycles. The number of allylic oxidation sites excluding steroid dienone is 1. The van der Waals surface area contributed by atoms with Gasteiger partial charge in [-0.1, -0.05) is 5.57 Å². The molecule has 0 aromatic carbocycles. The van der Waals surface area contributed by atoms with Crippen LogP contribution < -0.4 is 10.6 Å². The summed E-state index contributed by atoms with van der Waals surface area (Å²) in [5, 5.41) is 5.41. The van der Waals surface area contributed by atoms with E-state index in [0.717, 1.165) is 5.57 Å². The second-order valence-electron chi connectivity index (χ2n) is 7.24. The van der Waals surface area contributed by atoms with E-state index in [4.69, 9.17) is 4.74 Å². The zero-order valence-electron chi connectivity index (χ0n) is 15.3. The van der Waals surface area contributed by atoms with Crippen LogP contribution in [0, 0.1) is 0 Å². The van der Waals surface area contributed by atoms with Gasteiger partial charge in [0.1, 0.15) is 12.1 Å². The van der Waals surface area contributed by atoms with Gasteiger partial charge >= 0.3 is 6.09 Å². The number of piperidine rings is 1. The van der Waals surface area contributed by atoms with Crippen LogP contribution in [-0.2, 0) is 14.3 Å². The minimum Gasteiger partial charge on any atom is -0.444 e. The van der Waals surface area contributed by atoms with Gasteiger partial charge in [0.15, 0.2) is 0 Å². The highest BCUT2D eigenvalue weighted by Crippen LogP contribution is 2.11. The molecule has 1 aliphatic rings. The Labute approximate surface area is 143 Å². The van der Waals surface area contributed by atoms with Crippen molar-refractivity contribution < 1.29 is 19.1 Å². The lowest BCUT2D eigenvalue weighted by Crippen LogP contribution is -2.49. The molecule has 0 aliphatic carbocycles. The van der Waals surface area contributed by atoms with Crippen LogP contribution in [0.5, 0.6) is 0 Å². The molecule has 1 fully saturated rings. The molecule has 0 atom stereocenters. The van der Waals surface area contributed by atoms with E-state index in [2.05, 4.69) is 10.6 Å². The van der Waals surface area contributed by atoms with Crippen LogP contribution in [0.1, 0.15) is 47.5 Å². The largest absolute Gasteiger partial charge is 0.444 e. The van der Waals surface area contributed by atoms with Gasteiger partial charge in [-0.3, -0.25) is 9.59 Å². The predicted octanol–water partition coefficient (Wildman–Crippen LogP) is 1.58. The van der Waals surface area contributed by atoms with Gasteiger partial charge < -0.3 is 20.3 Å². The summed E-state index contributed by atoms with van der Waals surface area (Å²) >= 11 is 0. The summed E-state index contributed by atoms with van der Waals surface area (Å²) < 4.78 is 5.09. The van der Waals surface area contributed by atoms with E-state index < -0.39 is 11.7 Å². The Hall–Kier alpha value is -2.05. The Balaban J connectivity index is 2.32. The first-order chi connectivity index (χ1) is 11.1. The van der Waals surface area contributed by atoms with Crippen molar-refractivity contribution in [2.45, 2.75) is 59.1 Å². The minimum atomic E-state index is -0.597. The molecule has 7 nitrogen and oxygen atoms in total. The second kappa shape index (κ2) is 8.70. The van der Waals surface area contributed by atoms with Gasteiger partial charge in [-0.25, -0.2) is 4.79 Å². The normalized spacial score (nSPS) is 15.5. The van der Waals surface area contributed by atoms with Gasteiger partial charge in [0.25, 0.3) is 0 Å². The smallest absolute Gasteiger partial charge is 0.408 e. The number of carbonyl (C=O) groups excluding carboxylic acids is 3. The Morgan fingerprint density at radius 3 is 2.25 bits per heavy atom. The van der Waals surface area contributed by atoms with Gasteiger partial charge in [0.2, 0.25) is 11.8 Å². The molecule has 1 saturated heterocycles. The maximum atomic E-state index is 12.1. The van der Waals surface area contributed by atoms with Crippen molar-refractivity contribution in [2.24, 2.45) is 0 Å². The Morgan fingerprint density at radius 2 is 1.75 bits per heavy atom. The second-order valence-corrected chi connectivity index (χ2v) is 7.24. The zero-order chi connectivity index (χ0) is 18.3. The Bertz CT molecular complexity index is 496. The van der Waals surface area contributed by atoms with Gasteiger partial charge in [0, 0.05) is 25.2 Å². The SMILES string of the molecule is CC(C)=CC(=O)NC1CCN(C(=O)CNC(=O)OC(C)(C)C)CC1. The van der Waals surface area contributed by atoms with Crippen LogP contribution >= 0.6 is 0 Å². The Kier molecular flexibility index (Phi) is 7.25. The number of hydrogen-bond donors (Lipinski definition) is 2. The zero-order valence-corrected chi connectivity index (χ0v) is 15.3. The fourth-order valence-corrected chi connectivity index (χ4v) is 2.35. The number of nitrogens with zero attached hydrogens (tertiary/aromatic N) is 1. The van der Waals surface area contributed by atoms with Crippen molar-refractivity contribution >= 4 is 17.9 Å². The predicted molar refractivity (Wildman–Crippen MR) is 91.4 cm³/mol. The third kappa shape index (κ3) is 7.99. The first-order valence-electron chi connectivity index (χ1n) is 8.27. The molecule has 0 saturated carbocycles. The number of nitrogens with one attached hydrogen (secondary N) is 2. The first-order valence-corrected chi connectivity index (χ1v) is 8.27. The lowest BCUT2D eigenvalue weighted by atomic mass is 10.0. The fraction of sp³-hybridized carbons (Fsp3) is 0.706. The molecule has 7 heteroatoms. The van der Waals surface area contributed by atoms with Crippen molar-refractivity contribution in [1.29, 1.82) is 0 Å². The number of amides is 3. The third-order valence-electron chi connectivity index (χ3n) is 3.40. The monoisotopic (exact) mass is 339 g/mol. The molecule has 0 aromatic heterocycles. The van der Waals surface area contributed by atoms with E-state index in [1.54, 1.807) is 31.7 Å². The number of ether oxygens (including phenoxy) is 1. The molecule has 0 spiro atoms. The van der Waals surface area contributed by atoms with Crippen LogP contribution in [0.3, 0.4) is 0 Å². The molecule has 0 radical (unpaired) electrons. The van der Waals surface area contributed by atoms with E-state index in [1.165, 1.54) is 0 Å². The van der Waals surface area contributed by atoms with Crippen LogP contribution in [0.4, 0.5) is 4.79 Å². The van der Waals surface area contributed by atoms with Gasteiger partial charge in [0.05, 0.1) is 0 Å². The first kappa shape index (κ1) is 20.0. The number of hydrogen-bond acceptors (Lipinski definition) is 4. The molecule has 0 bridgehead atoms. The molecule has 24 heavy (non-hydrogen) atoms. The van der Waals surface area contributed by atoms with Gasteiger partial charge in [-0.2, -0.15) is 0 Å². The number of likely N-dealkylation sites (tertiary alicyclic amines) is 1. The van der Waals surface area contributed by atoms with E-state index in [-0.39, 0.29) is 24.4 Å². The maximum absolute atomic E-state index is 12.1. The number of carbonyl (C=O) groups is 3. The quantitative estimate of drug-likeness (QED) is 0.761. The fourth-order valence-electron chi connectivity index (χ4n) is 2.35. The lowest BCUT2D eigenvalue weighted by molar-refractivity contribution is -0.131. The molecule has 0 unspecified atom stereocenters. The highest BCUT2D eigenvalue weighted by atomic mass is 16.6. The molecule has 3 amide bonds. The molecular formula is C17H29N3O4. The summed E-state index contributed by atoms with van der Waals surface area (Å²) in [5.41, 5.74) is 0.364. The van der Waals surface area contributed by atoms with E-state index in [9.17, 15) is 14.4 Å².